The number of amides is 1. The molecular formula is C24H17BrF3N3O2S. The van der Waals surface area contributed by atoms with Crippen molar-refractivity contribution in [2.24, 2.45) is 5.10 Å². The third-order valence-electron chi connectivity index (χ3n) is 4.66. The highest BCUT2D eigenvalue weighted by Crippen LogP contribution is 2.33. The molecule has 4 aromatic rings. The van der Waals surface area contributed by atoms with Crippen LogP contribution in [0.1, 0.15) is 28.4 Å². The number of hydrogen-bond donors (Lipinski definition) is 0. The van der Waals surface area contributed by atoms with E-state index in [1.807, 2.05) is 19.1 Å². The molecule has 0 bridgehead atoms. The van der Waals surface area contributed by atoms with Crippen LogP contribution in [0.15, 0.2) is 76.3 Å². The van der Waals surface area contributed by atoms with Gasteiger partial charge in [0.2, 0.25) is 5.13 Å². The number of fused-ring (bicyclic) bond motifs is 1. The summed E-state index contributed by atoms with van der Waals surface area (Å²) in [5.41, 5.74) is 0.247. The zero-order chi connectivity index (χ0) is 24.3. The number of thiazole rings is 1. The molecule has 0 atom stereocenters. The van der Waals surface area contributed by atoms with Crippen molar-refractivity contribution in [1.29, 1.82) is 0 Å². The number of nitrogens with zero attached hydrogens (tertiary/aromatic N) is 3. The Hall–Kier alpha value is -3.24. The number of aromatic nitrogens is 1. The van der Waals surface area contributed by atoms with Crippen LogP contribution >= 0.6 is 27.3 Å². The van der Waals surface area contributed by atoms with E-state index < -0.39 is 17.6 Å². The van der Waals surface area contributed by atoms with Gasteiger partial charge in [0.1, 0.15) is 5.75 Å². The molecule has 0 aliphatic heterocycles. The Morgan fingerprint density at radius 3 is 2.62 bits per heavy atom. The first kappa shape index (κ1) is 23.9. The molecule has 0 spiro atoms. The Balaban J connectivity index is 1.73. The SMILES string of the molecule is CCOc1ccc(/C=N/N(C(=O)c2cccc(C(F)(F)F)c2)c2nc3ccc(Br)cc3s2)cc1. The highest BCUT2D eigenvalue weighted by molar-refractivity contribution is 9.10. The Bertz CT molecular complexity index is 1350. The largest absolute Gasteiger partial charge is 0.494 e. The van der Waals surface area contributed by atoms with Crippen molar-refractivity contribution in [1.82, 2.24) is 4.98 Å². The summed E-state index contributed by atoms with van der Waals surface area (Å²) in [5, 5.41) is 5.55. The first-order chi connectivity index (χ1) is 16.2. The lowest BCUT2D eigenvalue weighted by atomic mass is 10.1. The van der Waals surface area contributed by atoms with Crippen LogP contribution in [0.3, 0.4) is 0 Å². The lowest BCUT2D eigenvalue weighted by Crippen LogP contribution is -2.26. The van der Waals surface area contributed by atoms with Gasteiger partial charge in [-0.2, -0.15) is 23.3 Å². The molecule has 0 saturated carbocycles. The van der Waals surface area contributed by atoms with Gasteiger partial charge in [-0.05, 0) is 73.2 Å². The van der Waals surface area contributed by atoms with E-state index in [4.69, 9.17) is 4.74 Å². The first-order valence-electron chi connectivity index (χ1n) is 10.1. The van der Waals surface area contributed by atoms with E-state index in [1.54, 1.807) is 30.3 Å². The van der Waals surface area contributed by atoms with Crippen molar-refractivity contribution in [2.45, 2.75) is 13.1 Å². The summed E-state index contributed by atoms with van der Waals surface area (Å²) < 4.78 is 46.7. The fraction of sp³-hybridized carbons (Fsp3) is 0.125. The smallest absolute Gasteiger partial charge is 0.416 e. The van der Waals surface area contributed by atoms with Crippen molar-refractivity contribution in [3.05, 3.63) is 87.9 Å². The summed E-state index contributed by atoms with van der Waals surface area (Å²) in [4.78, 5) is 17.8. The first-order valence-corrected chi connectivity index (χ1v) is 11.7. The molecule has 0 radical (unpaired) electrons. The van der Waals surface area contributed by atoms with E-state index in [2.05, 4.69) is 26.0 Å². The lowest BCUT2D eigenvalue weighted by molar-refractivity contribution is -0.137. The van der Waals surface area contributed by atoms with E-state index in [9.17, 15) is 18.0 Å². The lowest BCUT2D eigenvalue weighted by Gasteiger charge is -2.15. The van der Waals surface area contributed by atoms with Crippen molar-refractivity contribution in [3.8, 4) is 5.75 Å². The topological polar surface area (TPSA) is 54.8 Å². The minimum Gasteiger partial charge on any atom is -0.494 e. The molecule has 10 heteroatoms. The van der Waals surface area contributed by atoms with Crippen LogP contribution in [0.2, 0.25) is 0 Å². The number of halogens is 4. The van der Waals surface area contributed by atoms with Crippen molar-refractivity contribution in [3.63, 3.8) is 0 Å². The van der Waals surface area contributed by atoms with E-state index >= 15 is 0 Å². The molecule has 0 fully saturated rings. The van der Waals surface area contributed by atoms with Gasteiger partial charge in [-0.25, -0.2) is 4.98 Å². The van der Waals surface area contributed by atoms with E-state index in [-0.39, 0.29) is 10.7 Å². The molecule has 34 heavy (non-hydrogen) atoms. The van der Waals surface area contributed by atoms with E-state index in [0.717, 1.165) is 26.3 Å². The molecule has 1 amide bonds. The second-order valence-corrected chi connectivity index (χ2v) is 8.98. The molecule has 5 nitrogen and oxygen atoms in total. The Labute approximate surface area is 205 Å². The quantitative estimate of drug-likeness (QED) is 0.190. The van der Waals surface area contributed by atoms with Gasteiger partial charge in [0, 0.05) is 10.0 Å². The number of carbonyl (C=O) groups excluding carboxylic acids is 1. The second-order valence-electron chi connectivity index (χ2n) is 7.05. The summed E-state index contributed by atoms with van der Waals surface area (Å²) in [7, 11) is 0. The normalized spacial score (nSPS) is 11.8. The predicted octanol–water partition coefficient (Wildman–Crippen LogP) is 7.16. The molecule has 0 saturated heterocycles. The molecular weight excluding hydrogens is 531 g/mol. The maximum atomic E-state index is 13.3. The van der Waals surface area contributed by atoms with Crippen LogP contribution in [0.25, 0.3) is 10.2 Å². The summed E-state index contributed by atoms with van der Waals surface area (Å²) in [6.07, 6.45) is -3.13. The number of anilines is 1. The molecule has 0 unspecified atom stereocenters. The molecule has 174 valence electrons. The zero-order valence-electron chi connectivity index (χ0n) is 17.7. The number of hydrogen-bond acceptors (Lipinski definition) is 5. The standard InChI is InChI=1S/C24H17BrF3N3O2S/c1-2-33-19-9-6-15(7-10-19)14-29-31(23-30-20-11-8-18(25)13-21(20)34-23)22(32)16-4-3-5-17(12-16)24(26,27)28/h3-14H,2H2,1H3/b29-14+. The van der Waals surface area contributed by atoms with Crippen LogP contribution < -0.4 is 9.75 Å². The van der Waals surface area contributed by atoms with Crippen LogP contribution in [-0.2, 0) is 6.18 Å². The van der Waals surface area contributed by atoms with Gasteiger partial charge in [0.05, 0.1) is 28.6 Å². The van der Waals surface area contributed by atoms with Gasteiger partial charge in [0.15, 0.2) is 0 Å². The molecule has 1 heterocycles. The van der Waals surface area contributed by atoms with E-state index in [0.29, 0.717) is 23.4 Å². The Morgan fingerprint density at radius 1 is 1.15 bits per heavy atom. The predicted molar refractivity (Wildman–Crippen MR) is 131 cm³/mol. The Kier molecular flexibility index (Phi) is 6.99. The van der Waals surface area contributed by atoms with Crippen LogP contribution in [-0.4, -0.2) is 23.7 Å². The van der Waals surface area contributed by atoms with Crippen LogP contribution in [0.4, 0.5) is 18.3 Å². The van der Waals surface area contributed by atoms with Crippen LogP contribution in [0.5, 0.6) is 5.75 Å². The average molecular weight is 548 g/mol. The van der Waals surface area contributed by atoms with E-state index in [1.165, 1.54) is 29.7 Å². The minimum absolute atomic E-state index is 0.154. The number of ether oxygens (including phenoxy) is 1. The second kappa shape index (κ2) is 9.94. The number of carbonyl (C=O) groups is 1. The van der Waals surface area contributed by atoms with Gasteiger partial charge in [-0.15, -0.1) is 0 Å². The highest BCUT2D eigenvalue weighted by Gasteiger charge is 2.32. The maximum absolute atomic E-state index is 13.3. The summed E-state index contributed by atoms with van der Waals surface area (Å²) in [6.45, 7) is 2.41. The molecule has 4 rings (SSSR count). The maximum Gasteiger partial charge on any atom is 0.416 e. The summed E-state index contributed by atoms with van der Waals surface area (Å²) in [5.74, 6) is -0.0419. The number of hydrazone groups is 1. The molecule has 0 N–H and O–H groups in total. The molecule has 1 aromatic heterocycles. The highest BCUT2D eigenvalue weighted by atomic mass is 79.9. The zero-order valence-corrected chi connectivity index (χ0v) is 20.1. The van der Waals surface area contributed by atoms with Gasteiger partial charge in [0.25, 0.3) is 5.91 Å². The van der Waals surface area contributed by atoms with Gasteiger partial charge >= 0.3 is 6.18 Å². The van der Waals surface area contributed by atoms with Crippen molar-refractivity contribution < 1.29 is 22.7 Å². The fourth-order valence-electron chi connectivity index (χ4n) is 3.06. The molecule has 0 aliphatic rings. The van der Waals surface area contributed by atoms with Gasteiger partial charge < -0.3 is 4.74 Å². The number of benzene rings is 3. The molecule has 0 aliphatic carbocycles. The summed E-state index contributed by atoms with van der Waals surface area (Å²) in [6, 6.07) is 16.7. The van der Waals surface area contributed by atoms with Gasteiger partial charge in [-0.3, -0.25) is 4.79 Å². The third kappa shape index (κ3) is 5.45. The Morgan fingerprint density at radius 2 is 1.91 bits per heavy atom. The third-order valence-corrected chi connectivity index (χ3v) is 6.15. The number of rotatable bonds is 6. The fourth-order valence-corrected chi connectivity index (χ4v) is 4.53. The summed E-state index contributed by atoms with van der Waals surface area (Å²) >= 11 is 4.61. The monoisotopic (exact) mass is 547 g/mol. The van der Waals surface area contributed by atoms with Crippen molar-refractivity contribution >= 4 is 54.7 Å². The van der Waals surface area contributed by atoms with Gasteiger partial charge in [-0.1, -0.05) is 33.3 Å². The van der Waals surface area contributed by atoms with Crippen LogP contribution in [0, 0.1) is 0 Å². The number of alkyl halides is 3. The van der Waals surface area contributed by atoms with Crippen molar-refractivity contribution in [2.75, 3.05) is 11.6 Å². The minimum atomic E-state index is -4.57. The molecule has 3 aromatic carbocycles. The average Bonchev–Trinajstić information content (AvgIpc) is 3.22.